The summed E-state index contributed by atoms with van der Waals surface area (Å²) >= 11 is 4.38. The van der Waals surface area contributed by atoms with E-state index in [1.165, 1.54) is 40.0 Å². The van der Waals surface area contributed by atoms with Gasteiger partial charge in [-0.15, -0.1) is 33.3 Å². The molecule has 7 nitrogen and oxygen atoms in total. The van der Waals surface area contributed by atoms with Crippen molar-refractivity contribution < 1.29 is 4.79 Å². The molecule has 0 saturated carbocycles. The van der Waals surface area contributed by atoms with E-state index in [0.717, 1.165) is 40.1 Å². The summed E-state index contributed by atoms with van der Waals surface area (Å²) in [6, 6.07) is 9.73. The van der Waals surface area contributed by atoms with Crippen molar-refractivity contribution in [3.63, 3.8) is 0 Å². The predicted molar refractivity (Wildman–Crippen MR) is 127 cm³/mol. The van der Waals surface area contributed by atoms with Crippen LogP contribution in [0.5, 0.6) is 0 Å². The van der Waals surface area contributed by atoms with E-state index in [1.54, 1.807) is 11.3 Å². The summed E-state index contributed by atoms with van der Waals surface area (Å²) in [4.78, 5) is 34.5. The fraction of sp³-hybridized carbons (Fsp3) is 0.286. The molecule has 4 aromatic rings. The minimum Gasteiger partial charge on any atom is -0.309 e. The number of nitrogens with one attached hydrogen (secondary N) is 2. The molecule has 0 bridgehead atoms. The van der Waals surface area contributed by atoms with Crippen LogP contribution in [0.4, 0.5) is 5.13 Å². The molecule has 0 radical (unpaired) electrons. The fourth-order valence-corrected chi connectivity index (χ4v) is 6.38. The van der Waals surface area contributed by atoms with E-state index in [0.29, 0.717) is 16.7 Å². The standard InChI is InChI=1S/C21H19N5O2S3/c27-16(24-21-26-25-19(31-21)12-6-2-1-3-7-12)11-29-10-15-22-18(28)17-13-8-4-5-9-14(13)30-20(17)23-15/h1-3,6-7H,4-5,8-11H2,(H,22,23,28)(H,24,26,27). The highest BCUT2D eigenvalue weighted by molar-refractivity contribution is 7.99. The van der Waals surface area contributed by atoms with E-state index in [9.17, 15) is 9.59 Å². The predicted octanol–water partition coefficient (Wildman–Crippen LogP) is 4.25. The summed E-state index contributed by atoms with van der Waals surface area (Å²) in [6.07, 6.45) is 4.31. The first-order valence-corrected chi connectivity index (χ1v) is 12.8. The molecule has 31 heavy (non-hydrogen) atoms. The molecule has 0 unspecified atom stereocenters. The van der Waals surface area contributed by atoms with Gasteiger partial charge < -0.3 is 4.98 Å². The van der Waals surface area contributed by atoms with E-state index in [2.05, 4.69) is 25.5 Å². The molecule has 3 aromatic heterocycles. The normalized spacial score (nSPS) is 13.3. The third kappa shape index (κ3) is 4.41. The number of rotatable bonds is 6. The molecule has 0 spiro atoms. The van der Waals surface area contributed by atoms with Gasteiger partial charge in [0.1, 0.15) is 15.7 Å². The first kappa shape index (κ1) is 20.3. The van der Waals surface area contributed by atoms with E-state index < -0.39 is 0 Å². The number of nitrogens with zero attached hydrogens (tertiary/aromatic N) is 3. The van der Waals surface area contributed by atoms with Crippen molar-refractivity contribution in [2.75, 3.05) is 11.1 Å². The van der Waals surface area contributed by atoms with Gasteiger partial charge in [0.2, 0.25) is 11.0 Å². The quantitative estimate of drug-likeness (QED) is 0.438. The molecule has 5 rings (SSSR count). The Balaban J connectivity index is 1.19. The van der Waals surface area contributed by atoms with Crippen molar-refractivity contribution in [2.45, 2.75) is 31.4 Å². The Kier molecular flexibility index (Phi) is 5.84. The molecule has 1 aliphatic rings. The van der Waals surface area contributed by atoms with Gasteiger partial charge in [-0.2, -0.15) is 0 Å². The van der Waals surface area contributed by atoms with Crippen LogP contribution in [0.2, 0.25) is 0 Å². The molecule has 0 fully saturated rings. The highest BCUT2D eigenvalue weighted by atomic mass is 32.2. The summed E-state index contributed by atoms with van der Waals surface area (Å²) in [7, 11) is 0. The number of thioether (sulfide) groups is 1. The highest BCUT2D eigenvalue weighted by Crippen LogP contribution is 2.33. The van der Waals surface area contributed by atoms with Gasteiger partial charge in [-0.25, -0.2) is 4.98 Å². The van der Waals surface area contributed by atoms with Gasteiger partial charge >= 0.3 is 0 Å². The van der Waals surface area contributed by atoms with Crippen LogP contribution in [0, 0.1) is 0 Å². The van der Waals surface area contributed by atoms with Crippen LogP contribution >= 0.6 is 34.4 Å². The molecule has 3 heterocycles. The third-order valence-corrected chi connectivity index (χ3v) is 8.06. The zero-order chi connectivity index (χ0) is 21.2. The molecule has 1 aromatic carbocycles. The molecular formula is C21H19N5O2S3. The number of aromatic amines is 1. The van der Waals surface area contributed by atoms with Crippen molar-refractivity contribution in [1.29, 1.82) is 0 Å². The molecule has 10 heteroatoms. The minimum absolute atomic E-state index is 0.0632. The Morgan fingerprint density at radius 1 is 1.13 bits per heavy atom. The van der Waals surface area contributed by atoms with E-state index in [-0.39, 0.29) is 17.2 Å². The second-order valence-electron chi connectivity index (χ2n) is 7.22. The van der Waals surface area contributed by atoms with Gasteiger partial charge in [0, 0.05) is 10.4 Å². The molecule has 0 saturated heterocycles. The molecule has 1 amide bonds. The van der Waals surface area contributed by atoms with Crippen molar-refractivity contribution in [3.8, 4) is 10.6 Å². The first-order valence-electron chi connectivity index (χ1n) is 9.97. The maximum Gasteiger partial charge on any atom is 0.259 e. The zero-order valence-electron chi connectivity index (χ0n) is 16.5. The van der Waals surface area contributed by atoms with Crippen molar-refractivity contribution in [3.05, 3.63) is 57.0 Å². The van der Waals surface area contributed by atoms with Gasteiger partial charge in [-0.05, 0) is 31.2 Å². The van der Waals surface area contributed by atoms with Gasteiger partial charge in [-0.1, -0.05) is 41.7 Å². The number of carbonyl (C=O) groups is 1. The number of benzene rings is 1. The summed E-state index contributed by atoms with van der Waals surface area (Å²) < 4.78 is 0. The number of aromatic nitrogens is 4. The molecule has 0 atom stereocenters. The Labute approximate surface area is 190 Å². The maximum atomic E-state index is 12.6. The SMILES string of the molecule is O=C(CSCc1nc2sc3c(c2c(=O)[nH]1)CCCC3)Nc1nnc(-c2ccccc2)s1. The summed E-state index contributed by atoms with van der Waals surface area (Å²) in [5.74, 6) is 1.15. The van der Waals surface area contributed by atoms with Gasteiger partial charge in [0.05, 0.1) is 16.9 Å². The second kappa shape index (κ2) is 8.89. The smallest absolute Gasteiger partial charge is 0.259 e. The second-order valence-corrected chi connectivity index (χ2v) is 10.3. The number of anilines is 1. The lowest BCUT2D eigenvalue weighted by molar-refractivity contribution is -0.113. The number of aryl methyl sites for hydroxylation is 2. The average molecular weight is 470 g/mol. The lowest BCUT2D eigenvalue weighted by Crippen LogP contribution is -2.15. The summed E-state index contributed by atoms with van der Waals surface area (Å²) in [6.45, 7) is 0. The van der Waals surface area contributed by atoms with Crippen LogP contribution in [0.25, 0.3) is 20.8 Å². The van der Waals surface area contributed by atoms with E-state index in [1.807, 2.05) is 30.3 Å². The lowest BCUT2D eigenvalue weighted by Gasteiger charge is -2.09. The first-order chi connectivity index (χ1) is 15.2. The number of carbonyl (C=O) groups excluding carboxylic acids is 1. The van der Waals surface area contributed by atoms with Crippen molar-refractivity contribution in [1.82, 2.24) is 20.2 Å². The van der Waals surface area contributed by atoms with Crippen LogP contribution in [-0.2, 0) is 23.4 Å². The summed E-state index contributed by atoms with van der Waals surface area (Å²) in [5.41, 5.74) is 2.09. The number of thiophene rings is 1. The van der Waals surface area contributed by atoms with Crippen LogP contribution in [0.3, 0.4) is 0 Å². The van der Waals surface area contributed by atoms with Gasteiger partial charge in [0.25, 0.3) is 5.56 Å². The van der Waals surface area contributed by atoms with Crippen molar-refractivity contribution >= 4 is 55.7 Å². The largest absolute Gasteiger partial charge is 0.309 e. The minimum atomic E-state index is -0.157. The lowest BCUT2D eigenvalue weighted by atomic mass is 9.97. The number of amides is 1. The Hall–Kier alpha value is -2.56. The highest BCUT2D eigenvalue weighted by Gasteiger charge is 2.19. The Bertz CT molecular complexity index is 1300. The van der Waals surface area contributed by atoms with E-state index >= 15 is 0 Å². The fourth-order valence-electron chi connectivity index (χ4n) is 3.64. The Morgan fingerprint density at radius 2 is 1.97 bits per heavy atom. The molecule has 1 aliphatic carbocycles. The number of fused-ring (bicyclic) bond motifs is 3. The number of hydrogen-bond donors (Lipinski definition) is 2. The van der Waals surface area contributed by atoms with Crippen LogP contribution in [0.1, 0.15) is 29.1 Å². The zero-order valence-corrected chi connectivity index (χ0v) is 19.0. The Morgan fingerprint density at radius 3 is 2.84 bits per heavy atom. The topological polar surface area (TPSA) is 101 Å². The number of H-pyrrole nitrogens is 1. The molecular weight excluding hydrogens is 450 g/mol. The average Bonchev–Trinajstić information content (AvgIpc) is 3.39. The van der Waals surface area contributed by atoms with Crippen molar-refractivity contribution in [2.24, 2.45) is 0 Å². The molecule has 2 N–H and O–H groups in total. The summed E-state index contributed by atoms with van der Waals surface area (Å²) in [5, 5.41) is 13.0. The third-order valence-electron chi connectivity index (χ3n) is 5.04. The van der Waals surface area contributed by atoms with E-state index in [4.69, 9.17) is 0 Å². The van der Waals surface area contributed by atoms with Crippen LogP contribution < -0.4 is 10.9 Å². The monoisotopic (exact) mass is 469 g/mol. The number of hydrogen-bond acceptors (Lipinski definition) is 8. The molecule has 158 valence electrons. The maximum absolute atomic E-state index is 12.6. The van der Waals surface area contributed by atoms with Crippen LogP contribution in [0.15, 0.2) is 35.1 Å². The van der Waals surface area contributed by atoms with Gasteiger partial charge in [-0.3, -0.25) is 14.9 Å². The van der Waals surface area contributed by atoms with Crippen LogP contribution in [-0.4, -0.2) is 31.8 Å². The van der Waals surface area contributed by atoms with Gasteiger partial charge in [0.15, 0.2) is 0 Å². The molecule has 0 aliphatic heterocycles.